The van der Waals surface area contributed by atoms with Gasteiger partial charge in [0, 0.05) is 25.0 Å². The second kappa shape index (κ2) is 5.00. The zero-order chi connectivity index (χ0) is 14.9. The second-order valence-electron chi connectivity index (χ2n) is 4.14. The minimum absolute atomic E-state index is 0.0110. The maximum absolute atomic E-state index is 12.0. The van der Waals surface area contributed by atoms with Crippen LogP contribution in [-0.4, -0.2) is 31.7 Å². The Hall–Kier alpha value is -2.90. The highest BCUT2D eigenvalue weighted by molar-refractivity contribution is 6.07. The summed E-state index contributed by atoms with van der Waals surface area (Å²) in [7, 11) is 1.42. The molecule has 20 heavy (non-hydrogen) atoms. The summed E-state index contributed by atoms with van der Waals surface area (Å²) in [4.78, 5) is 37.0. The lowest BCUT2D eigenvalue weighted by Crippen LogP contribution is -2.24. The van der Waals surface area contributed by atoms with Crippen molar-refractivity contribution in [3.63, 3.8) is 0 Å². The van der Waals surface area contributed by atoms with E-state index >= 15 is 0 Å². The van der Waals surface area contributed by atoms with Gasteiger partial charge in [-0.05, 0) is 13.0 Å². The average molecular weight is 276 g/mol. The Labute approximate surface area is 113 Å². The van der Waals surface area contributed by atoms with Gasteiger partial charge in [-0.2, -0.15) is 5.10 Å². The van der Waals surface area contributed by atoms with Gasteiger partial charge in [-0.25, -0.2) is 9.48 Å². The molecule has 1 amide bonds. The van der Waals surface area contributed by atoms with E-state index in [-0.39, 0.29) is 22.5 Å². The number of aromatic amines is 1. The first-order chi connectivity index (χ1) is 9.40. The Balaban J connectivity index is 2.30. The Kier molecular flexibility index (Phi) is 3.38. The molecule has 0 aliphatic carbocycles. The van der Waals surface area contributed by atoms with Crippen molar-refractivity contribution in [2.45, 2.75) is 6.92 Å². The first-order valence-corrected chi connectivity index (χ1v) is 5.67. The van der Waals surface area contributed by atoms with Gasteiger partial charge in [0.1, 0.15) is 11.3 Å². The van der Waals surface area contributed by atoms with E-state index in [0.29, 0.717) is 5.69 Å². The molecule has 0 unspecified atom stereocenters. The molecule has 104 valence electrons. The number of anilines is 1. The molecule has 8 nitrogen and oxygen atoms in total. The van der Waals surface area contributed by atoms with Crippen LogP contribution in [0.3, 0.4) is 0 Å². The lowest BCUT2D eigenvalue weighted by Gasteiger charge is -2.05. The number of nitrogens with one attached hydrogen (secondary N) is 2. The van der Waals surface area contributed by atoms with Crippen molar-refractivity contribution in [3.05, 3.63) is 45.6 Å². The number of nitrogens with zero attached hydrogens (tertiary/aromatic N) is 2. The number of carbonyl (C=O) groups is 2. The molecule has 0 fully saturated rings. The van der Waals surface area contributed by atoms with E-state index in [0.717, 1.165) is 4.68 Å². The smallest absolute Gasteiger partial charge is 0.339 e. The molecular weight excluding hydrogens is 264 g/mol. The van der Waals surface area contributed by atoms with Crippen molar-refractivity contribution in [1.82, 2.24) is 14.8 Å². The Bertz CT molecular complexity index is 744. The predicted molar refractivity (Wildman–Crippen MR) is 69.9 cm³/mol. The van der Waals surface area contributed by atoms with E-state index < -0.39 is 11.9 Å². The Morgan fingerprint density at radius 3 is 2.70 bits per heavy atom. The van der Waals surface area contributed by atoms with Gasteiger partial charge < -0.3 is 15.4 Å². The Morgan fingerprint density at radius 2 is 2.10 bits per heavy atom. The third-order valence-corrected chi connectivity index (χ3v) is 2.73. The van der Waals surface area contributed by atoms with E-state index in [4.69, 9.17) is 5.11 Å². The largest absolute Gasteiger partial charge is 0.478 e. The quantitative estimate of drug-likeness (QED) is 0.748. The number of carboxylic acid groups (broad SMARTS) is 1. The zero-order valence-corrected chi connectivity index (χ0v) is 10.8. The maximum Gasteiger partial charge on any atom is 0.339 e. The fourth-order valence-corrected chi connectivity index (χ4v) is 1.71. The predicted octanol–water partition coefficient (Wildman–Crippen LogP) is 0.367. The van der Waals surface area contributed by atoms with Crippen molar-refractivity contribution in [1.29, 1.82) is 0 Å². The fourth-order valence-electron chi connectivity index (χ4n) is 1.71. The summed E-state index contributed by atoms with van der Waals surface area (Å²) in [5, 5.41) is 15.3. The van der Waals surface area contributed by atoms with E-state index in [1.54, 1.807) is 6.92 Å². The van der Waals surface area contributed by atoms with Crippen LogP contribution in [0.4, 0.5) is 5.69 Å². The zero-order valence-electron chi connectivity index (χ0n) is 10.8. The van der Waals surface area contributed by atoms with Crippen LogP contribution in [0.5, 0.6) is 0 Å². The lowest BCUT2D eigenvalue weighted by atomic mass is 10.2. The third-order valence-electron chi connectivity index (χ3n) is 2.73. The van der Waals surface area contributed by atoms with Crippen molar-refractivity contribution >= 4 is 17.6 Å². The molecule has 0 radical (unpaired) electrons. The van der Waals surface area contributed by atoms with Crippen molar-refractivity contribution in [2.75, 3.05) is 5.32 Å². The maximum atomic E-state index is 12.0. The van der Waals surface area contributed by atoms with E-state index in [1.807, 2.05) is 0 Å². The number of carboxylic acids is 1. The minimum Gasteiger partial charge on any atom is -0.478 e. The van der Waals surface area contributed by atoms with Crippen LogP contribution < -0.4 is 10.9 Å². The molecule has 0 saturated carbocycles. The first kappa shape index (κ1) is 13.5. The first-order valence-electron chi connectivity index (χ1n) is 5.67. The van der Waals surface area contributed by atoms with Crippen LogP contribution in [-0.2, 0) is 7.05 Å². The van der Waals surface area contributed by atoms with Gasteiger partial charge in [-0.1, -0.05) is 0 Å². The Morgan fingerprint density at radius 1 is 1.40 bits per heavy atom. The van der Waals surface area contributed by atoms with E-state index in [1.165, 1.54) is 25.4 Å². The van der Waals surface area contributed by atoms with Crippen LogP contribution in [0.1, 0.15) is 26.5 Å². The van der Waals surface area contributed by atoms with Gasteiger partial charge in [0.05, 0.1) is 5.69 Å². The molecule has 2 rings (SSSR count). The average Bonchev–Trinajstić information content (AvgIpc) is 2.73. The van der Waals surface area contributed by atoms with Crippen molar-refractivity contribution in [2.24, 2.45) is 7.05 Å². The molecule has 0 aliphatic rings. The third kappa shape index (κ3) is 2.44. The number of H-pyrrole nitrogens is 1. The number of aromatic nitrogens is 3. The number of amides is 1. The van der Waals surface area contributed by atoms with E-state index in [2.05, 4.69) is 15.4 Å². The monoisotopic (exact) mass is 276 g/mol. The van der Waals surface area contributed by atoms with Crippen molar-refractivity contribution in [3.8, 4) is 0 Å². The van der Waals surface area contributed by atoms with Crippen LogP contribution in [0, 0.1) is 6.92 Å². The molecule has 2 heterocycles. The van der Waals surface area contributed by atoms with E-state index in [9.17, 15) is 14.4 Å². The van der Waals surface area contributed by atoms with Crippen LogP contribution >= 0.6 is 0 Å². The minimum atomic E-state index is -1.15. The van der Waals surface area contributed by atoms with Gasteiger partial charge in [0.25, 0.3) is 11.5 Å². The molecular formula is C12H12N4O4. The fraction of sp³-hybridized carbons (Fsp3) is 0.167. The van der Waals surface area contributed by atoms with Gasteiger partial charge in [0.15, 0.2) is 0 Å². The number of carbonyl (C=O) groups excluding carboxylic acids is 1. The molecule has 0 bridgehead atoms. The molecule has 0 spiro atoms. The van der Waals surface area contributed by atoms with Gasteiger partial charge in [-0.3, -0.25) is 9.59 Å². The molecule has 0 aromatic carbocycles. The van der Waals surface area contributed by atoms with Gasteiger partial charge in [-0.15, -0.1) is 0 Å². The molecule has 3 N–H and O–H groups in total. The van der Waals surface area contributed by atoms with Crippen LogP contribution in [0.25, 0.3) is 0 Å². The summed E-state index contributed by atoms with van der Waals surface area (Å²) >= 11 is 0. The number of hydrogen-bond acceptors (Lipinski definition) is 4. The molecule has 8 heteroatoms. The summed E-state index contributed by atoms with van der Waals surface area (Å²) in [5.74, 6) is -1.74. The molecule has 0 aliphatic heterocycles. The molecule has 0 atom stereocenters. The number of aryl methyl sites for hydroxylation is 2. The number of rotatable bonds is 3. The number of hydrogen-bond donors (Lipinski definition) is 3. The summed E-state index contributed by atoms with van der Waals surface area (Å²) in [6.45, 7) is 1.59. The summed E-state index contributed by atoms with van der Waals surface area (Å²) in [5.41, 5.74) is 0.243. The van der Waals surface area contributed by atoms with Gasteiger partial charge >= 0.3 is 5.97 Å². The van der Waals surface area contributed by atoms with Crippen LogP contribution in [0.15, 0.2) is 23.1 Å². The molecule has 2 aromatic rings. The molecule has 0 saturated heterocycles. The second-order valence-corrected chi connectivity index (χ2v) is 4.14. The highest BCUT2D eigenvalue weighted by atomic mass is 16.4. The summed E-state index contributed by atoms with van der Waals surface area (Å²) in [6, 6.07) is 2.49. The standard InChI is InChI=1S/C12H12N4O4/c1-6-10(12(19)20)8(5-13-6)14-11(18)7-3-4-9(17)16(2)15-7/h3-5,13H,1-2H3,(H,14,18)(H,19,20). The normalized spacial score (nSPS) is 10.3. The van der Waals surface area contributed by atoms with Crippen molar-refractivity contribution < 1.29 is 14.7 Å². The highest BCUT2D eigenvalue weighted by Crippen LogP contribution is 2.19. The highest BCUT2D eigenvalue weighted by Gasteiger charge is 2.18. The molecule has 2 aromatic heterocycles. The SMILES string of the molecule is Cc1[nH]cc(NC(=O)c2ccc(=O)n(C)n2)c1C(=O)O. The number of aromatic carboxylic acids is 1. The van der Waals surface area contributed by atoms with Crippen LogP contribution in [0.2, 0.25) is 0 Å². The topological polar surface area (TPSA) is 117 Å². The lowest BCUT2D eigenvalue weighted by molar-refractivity contribution is 0.0697. The summed E-state index contributed by atoms with van der Waals surface area (Å²) < 4.78 is 1.02. The van der Waals surface area contributed by atoms with Gasteiger partial charge in [0.2, 0.25) is 0 Å². The summed E-state index contributed by atoms with van der Waals surface area (Å²) in [6.07, 6.45) is 1.39.